The van der Waals surface area contributed by atoms with Gasteiger partial charge in [-0.2, -0.15) is 0 Å². The molecule has 104 valence electrons. The molecule has 0 radical (unpaired) electrons. The predicted molar refractivity (Wildman–Crippen MR) is 68.8 cm³/mol. The lowest BCUT2D eigenvalue weighted by Gasteiger charge is -2.10. The van der Waals surface area contributed by atoms with Crippen LogP contribution < -0.4 is 11.1 Å². The van der Waals surface area contributed by atoms with Crippen molar-refractivity contribution in [2.45, 2.75) is 51.0 Å². The van der Waals surface area contributed by atoms with Crippen LogP contribution >= 0.6 is 0 Å². The molecular formula is C13H24N2O3. The van der Waals surface area contributed by atoms with Gasteiger partial charge >= 0.3 is 5.97 Å². The van der Waals surface area contributed by atoms with Crippen LogP contribution in [0, 0.1) is 5.92 Å². The fourth-order valence-corrected chi connectivity index (χ4v) is 2.28. The fraction of sp³-hybridized carbons (Fsp3) is 0.846. The van der Waals surface area contributed by atoms with Crippen molar-refractivity contribution in [3.8, 4) is 0 Å². The van der Waals surface area contributed by atoms with Crippen molar-refractivity contribution in [1.82, 2.24) is 5.32 Å². The molecule has 1 rings (SSSR count). The average Bonchev–Trinajstić information content (AvgIpc) is 2.79. The maximum absolute atomic E-state index is 11.7. The standard InChI is InChI=1S/C13H24N2O3/c1-18-12(16)5-3-2-4-8-15-13(17)10-6-7-11(14)9-10/h10-11H,2-9,14H2,1H3,(H,15,17). The van der Waals surface area contributed by atoms with Crippen molar-refractivity contribution in [3.63, 3.8) is 0 Å². The molecule has 2 atom stereocenters. The quantitative estimate of drug-likeness (QED) is 0.525. The SMILES string of the molecule is COC(=O)CCCCCNC(=O)C1CCC(N)C1. The number of hydrogen-bond acceptors (Lipinski definition) is 4. The molecule has 0 saturated heterocycles. The molecule has 0 aliphatic heterocycles. The van der Waals surface area contributed by atoms with Gasteiger partial charge in [0.1, 0.15) is 0 Å². The molecule has 1 aliphatic carbocycles. The van der Waals surface area contributed by atoms with E-state index in [9.17, 15) is 9.59 Å². The van der Waals surface area contributed by atoms with Crippen molar-refractivity contribution in [2.75, 3.05) is 13.7 Å². The van der Waals surface area contributed by atoms with Crippen LogP contribution in [0.4, 0.5) is 0 Å². The molecule has 5 nitrogen and oxygen atoms in total. The third kappa shape index (κ3) is 5.49. The first-order valence-electron chi connectivity index (χ1n) is 6.73. The molecule has 0 aromatic heterocycles. The molecular weight excluding hydrogens is 232 g/mol. The first kappa shape index (κ1) is 15.0. The van der Waals surface area contributed by atoms with Crippen molar-refractivity contribution < 1.29 is 14.3 Å². The van der Waals surface area contributed by atoms with Gasteiger partial charge in [-0.3, -0.25) is 9.59 Å². The van der Waals surface area contributed by atoms with Crippen LogP contribution in [0.5, 0.6) is 0 Å². The molecule has 0 heterocycles. The Labute approximate surface area is 108 Å². The van der Waals surface area contributed by atoms with E-state index in [0.717, 1.165) is 38.5 Å². The Morgan fingerprint density at radius 2 is 2.06 bits per heavy atom. The number of nitrogens with one attached hydrogen (secondary N) is 1. The van der Waals surface area contributed by atoms with Crippen molar-refractivity contribution in [3.05, 3.63) is 0 Å². The maximum atomic E-state index is 11.7. The van der Waals surface area contributed by atoms with E-state index in [4.69, 9.17) is 5.73 Å². The lowest BCUT2D eigenvalue weighted by atomic mass is 10.1. The topological polar surface area (TPSA) is 81.4 Å². The normalized spacial score (nSPS) is 22.8. The second-order valence-corrected chi connectivity index (χ2v) is 4.95. The van der Waals surface area contributed by atoms with Gasteiger partial charge in [0.15, 0.2) is 0 Å². The zero-order valence-electron chi connectivity index (χ0n) is 11.1. The van der Waals surface area contributed by atoms with Gasteiger partial charge in [0, 0.05) is 24.9 Å². The zero-order chi connectivity index (χ0) is 13.4. The number of carbonyl (C=O) groups excluding carboxylic acids is 2. The van der Waals surface area contributed by atoms with E-state index in [1.54, 1.807) is 0 Å². The molecule has 0 bridgehead atoms. The second-order valence-electron chi connectivity index (χ2n) is 4.95. The Bertz CT molecular complexity index is 281. The van der Waals surface area contributed by atoms with Crippen LogP contribution in [0.3, 0.4) is 0 Å². The van der Waals surface area contributed by atoms with Crippen LogP contribution in [0.2, 0.25) is 0 Å². The van der Waals surface area contributed by atoms with Crippen LogP contribution in [0.1, 0.15) is 44.9 Å². The van der Waals surface area contributed by atoms with Crippen LogP contribution in [0.15, 0.2) is 0 Å². The first-order valence-corrected chi connectivity index (χ1v) is 6.73. The van der Waals surface area contributed by atoms with Crippen molar-refractivity contribution in [2.24, 2.45) is 11.7 Å². The predicted octanol–water partition coefficient (Wildman–Crippen LogP) is 0.963. The summed E-state index contributed by atoms with van der Waals surface area (Å²) in [5, 5.41) is 2.94. The molecule has 18 heavy (non-hydrogen) atoms. The summed E-state index contributed by atoms with van der Waals surface area (Å²) in [5.41, 5.74) is 5.78. The van der Waals surface area contributed by atoms with Crippen LogP contribution in [-0.4, -0.2) is 31.6 Å². The van der Waals surface area contributed by atoms with Gasteiger partial charge in [0.2, 0.25) is 5.91 Å². The second kappa shape index (κ2) is 8.08. The van der Waals surface area contributed by atoms with E-state index < -0.39 is 0 Å². The number of carbonyl (C=O) groups is 2. The summed E-state index contributed by atoms with van der Waals surface area (Å²) in [4.78, 5) is 22.6. The molecule has 0 aromatic carbocycles. The molecule has 3 N–H and O–H groups in total. The highest BCUT2D eigenvalue weighted by molar-refractivity contribution is 5.78. The Morgan fingerprint density at radius 1 is 1.28 bits per heavy atom. The Hall–Kier alpha value is -1.10. The number of esters is 1. The molecule has 0 spiro atoms. The highest BCUT2D eigenvalue weighted by Gasteiger charge is 2.27. The largest absolute Gasteiger partial charge is 0.469 e. The lowest BCUT2D eigenvalue weighted by Crippen LogP contribution is -2.31. The maximum Gasteiger partial charge on any atom is 0.305 e. The van der Waals surface area contributed by atoms with E-state index in [1.807, 2.05) is 0 Å². The highest BCUT2D eigenvalue weighted by atomic mass is 16.5. The molecule has 0 aromatic rings. The number of amides is 1. The van der Waals surface area contributed by atoms with Gasteiger partial charge in [-0.1, -0.05) is 6.42 Å². The third-order valence-electron chi connectivity index (χ3n) is 3.43. The summed E-state index contributed by atoms with van der Waals surface area (Å²) >= 11 is 0. The summed E-state index contributed by atoms with van der Waals surface area (Å²) in [7, 11) is 1.40. The lowest BCUT2D eigenvalue weighted by molar-refractivity contribution is -0.140. The molecule has 2 unspecified atom stereocenters. The summed E-state index contributed by atoms with van der Waals surface area (Å²) < 4.78 is 4.55. The monoisotopic (exact) mass is 256 g/mol. The van der Waals surface area contributed by atoms with Gasteiger partial charge < -0.3 is 15.8 Å². The summed E-state index contributed by atoms with van der Waals surface area (Å²) in [6.07, 6.45) is 5.79. The minimum atomic E-state index is -0.168. The van der Waals surface area contributed by atoms with E-state index in [2.05, 4.69) is 10.1 Å². The third-order valence-corrected chi connectivity index (χ3v) is 3.43. The zero-order valence-corrected chi connectivity index (χ0v) is 11.1. The van der Waals surface area contributed by atoms with Gasteiger partial charge in [-0.15, -0.1) is 0 Å². The van der Waals surface area contributed by atoms with E-state index in [1.165, 1.54) is 7.11 Å². The fourth-order valence-electron chi connectivity index (χ4n) is 2.28. The van der Waals surface area contributed by atoms with Crippen molar-refractivity contribution in [1.29, 1.82) is 0 Å². The van der Waals surface area contributed by atoms with Gasteiger partial charge in [0.25, 0.3) is 0 Å². The minimum Gasteiger partial charge on any atom is -0.469 e. The Balaban J connectivity index is 1.97. The highest BCUT2D eigenvalue weighted by Crippen LogP contribution is 2.23. The smallest absolute Gasteiger partial charge is 0.305 e. The number of rotatable bonds is 7. The summed E-state index contributed by atoms with van der Waals surface area (Å²) in [6, 6.07) is 0.195. The van der Waals surface area contributed by atoms with Gasteiger partial charge in [0.05, 0.1) is 7.11 Å². The molecule has 1 saturated carbocycles. The summed E-state index contributed by atoms with van der Waals surface area (Å²) in [5.74, 6) is 0.0740. The molecule has 1 amide bonds. The van der Waals surface area contributed by atoms with Crippen LogP contribution in [-0.2, 0) is 14.3 Å². The van der Waals surface area contributed by atoms with E-state index >= 15 is 0 Å². The number of nitrogens with two attached hydrogens (primary N) is 1. The van der Waals surface area contributed by atoms with Gasteiger partial charge in [-0.05, 0) is 32.1 Å². The number of methoxy groups -OCH3 is 1. The van der Waals surface area contributed by atoms with Crippen LogP contribution in [0.25, 0.3) is 0 Å². The molecule has 5 heteroatoms. The average molecular weight is 256 g/mol. The van der Waals surface area contributed by atoms with Gasteiger partial charge in [-0.25, -0.2) is 0 Å². The first-order chi connectivity index (χ1) is 8.63. The Morgan fingerprint density at radius 3 is 2.67 bits per heavy atom. The van der Waals surface area contributed by atoms with E-state index in [0.29, 0.717) is 13.0 Å². The number of ether oxygens (including phenoxy) is 1. The Kier molecular flexibility index (Phi) is 6.72. The van der Waals surface area contributed by atoms with E-state index in [-0.39, 0.29) is 23.8 Å². The molecule has 1 fully saturated rings. The summed E-state index contributed by atoms with van der Waals surface area (Å²) in [6.45, 7) is 0.686. The molecule has 1 aliphatic rings. The minimum absolute atomic E-state index is 0.107. The number of hydrogen-bond donors (Lipinski definition) is 2. The van der Waals surface area contributed by atoms with Crippen molar-refractivity contribution >= 4 is 11.9 Å². The number of unbranched alkanes of at least 4 members (excludes halogenated alkanes) is 2.